The highest BCUT2D eigenvalue weighted by Crippen LogP contribution is 2.54. The summed E-state index contributed by atoms with van der Waals surface area (Å²) in [5.41, 5.74) is 26.0. The standard InChI is InChI=1S/C52H51O2Si/c1-29-17-30(2)20-37(19-29)51-39-11-7-9-35(39)23-41-45(51)25-43(49-15-13-33(5)53-49)47(41)27-55-28-48-42-24-36-10-8-12-40(36)52(38-21-31(3)18-32(4)22-38)46(42)26-44(48)50-16-14-34(6)54-50/h13-26,47-48,55H,7-12,27-28H2,1-6H3. The first-order valence-corrected chi connectivity index (χ1v) is 22.2. The van der Waals surface area contributed by atoms with Crippen LogP contribution in [0.1, 0.15) is 114 Å². The molecule has 4 aromatic carbocycles. The quantitative estimate of drug-likeness (QED) is 0.146. The number of aryl methyl sites for hydroxylation is 8. The average Bonchev–Trinajstić information content (AvgIpc) is 3.99. The van der Waals surface area contributed by atoms with E-state index >= 15 is 0 Å². The van der Waals surface area contributed by atoms with Crippen molar-refractivity contribution < 1.29 is 8.83 Å². The maximum Gasteiger partial charge on any atom is 0.130 e. The molecule has 2 atom stereocenters. The second kappa shape index (κ2) is 13.4. The number of furan rings is 2. The second-order valence-corrected chi connectivity index (χ2v) is 18.6. The molecule has 3 heteroatoms. The van der Waals surface area contributed by atoms with Crippen molar-refractivity contribution in [2.45, 2.75) is 104 Å². The van der Waals surface area contributed by atoms with E-state index in [4.69, 9.17) is 8.83 Å². The maximum atomic E-state index is 6.45. The Bertz CT molecular complexity index is 2380. The van der Waals surface area contributed by atoms with E-state index in [-0.39, 0.29) is 9.52 Å². The van der Waals surface area contributed by atoms with Crippen LogP contribution in [0.25, 0.3) is 45.6 Å². The lowest BCUT2D eigenvalue weighted by molar-refractivity contribution is 0.518. The fourth-order valence-electron chi connectivity index (χ4n) is 10.8. The largest absolute Gasteiger partial charge is 0.462 e. The average molecular weight is 736 g/mol. The van der Waals surface area contributed by atoms with Gasteiger partial charge < -0.3 is 8.83 Å². The molecule has 4 aliphatic carbocycles. The first-order valence-electron chi connectivity index (χ1n) is 20.6. The van der Waals surface area contributed by atoms with Gasteiger partial charge in [-0.2, -0.15) is 0 Å². The Morgan fingerprint density at radius 1 is 0.509 bits per heavy atom. The van der Waals surface area contributed by atoms with Crippen LogP contribution in [-0.2, 0) is 25.7 Å². The number of rotatable bonds is 8. The summed E-state index contributed by atoms with van der Waals surface area (Å²) in [7, 11) is 0.111. The minimum Gasteiger partial charge on any atom is -0.462 e. The van der Waals surface area contributed by atoms with Crippen LogP contribution in [0.15, 0.2) is 81.6 Å². The van der Waals surface area contributed by atoms with Gasteiger partial charge in [-0.25, -0.2) is 0 Å². The second-order valence-electron chi connectivity index (χ2n) is 17.1. The van der Waals surface area contributed by atoms with Crippen LogP contribution in [0.3, 0.4) is 0 Å². The lowest BCUT2D eigenvalue weighted by Gasteiger charge is -2.22. The van der Waals surface area contributed by atoms with E-state index in [2.05, 4.69) is 126 Å². The van der Waals surface area contributed by atoms with Crippen LogP contribution in [0.4, 0.5) is 0 Å². The molecule has 2 aromatic heterocycles. The maximum absolute atomic E-state index is 6.45. The zero-order valence-electron chi connectivity index (χ0n) is 33.3. The zero-order valence-corrected chi connectivity index (χ0v) is 34.4. The molecule has 0 spiro atoms. The molecule has 0 saturated heterocycles. The molecule has 0 amide bonds. The summed E-state index contributed by atoms with van der Waals surface area (Å²) in [4.78, 5) is 0. The smallest absolute Gasteiger partial charge is 0.130 e. The van der Waals surface area contributed by atoms with Crippen LogP contribution in [0.2, 0.25) is 12.1 Å². The van der Waals surface area contributed by atoms with Crippen molar-refractivity contribution in [1.29, 1.82) is 0 Å². The Kier molecular flexibility index (Phi) is 8.44. The highest BCUT2D eigenvalue weighted by atomic mass is 28.2. The van der Waals surface area contributed by atoms with Crippen molar-refractivity contribution in [3.8, 4) is 22.3 Å². The van der Waals surface area contributed by atoms with Gasteiger partial charge in [-0.1, -0.05) is 82.9 Å². The van der Waals surface area contributed by atoms with Crippen LogP contribution in [0, 0.1) is 41.5 Å². The summed E-state index contributed by atoms with van der Waals surface area (Å²) in [6, 6.07) is 30.5. The molecule has 4 aliphatic rings. The zero-order chi connectivity index (χ0) is 37.5. The predicted molar refractivity (Wildman–Crippen MR) is 232 cm³/mol. The highest BCUT2D eigenvalue weighted by Gasteiger charge is 2.36. The normalized spacial score (nSPS) is 18.0. The van der Waals surface area contributed by atoms with E-state index in [1.54, 1.807) is 22.3 Å². The minimum absolute atomic E-state index is 0.111. The summed E-state index contributed by atoms with van der Waals surface area (Å²) >= 11 is 0. The van der Waals surface area contributed by atoms with Crippen LogP contribution < -0.4 is 0 Å². The van der Waals surface area contributed by atoms with E-state index in [1.807, 2.05) is 0 Å². The number of hydrogen-bond acceptors (Lipinski definition) is 2. The molecule has 6 aromatic rings. The predicted octanol–water partition coefficient (Wildman–Crippen LogP) is 13.3. The van der Waals surface area contributed by atoms with Crippen molar-refractivity contribution in [1.82, 2.24) is 0 Å². The Hall–Kier alpha value is -4.86. The molecule has 0 N–H and O–H groups in total. The number of allylic oxidation sites excluding steroid dienone is 2. The molecule has 0 bridgehead atoms. The van der Waals surface area contributed by atoms with Crippen LogP contribution >= 0.6 is 0 Å². The number of benzene rings is 4. The molecule has 2 unspecified atom stereocenters. The summed E-state index contributed by atoms with van der Waals surface area (Å²) in [6.45, 7) is 13.1. The van der Waals surface area contributed by atoms with Crippen molar-refractivity contribution in [3.63, 3.8) is 0 Å². The summed E-state index contributed by atoms with van der Waals surface area (Å²) in [5.74, 6) is 4.70. The SMILES string of the molecule is Cc1cc(C)cc(-c2c3c(cc4c2CCC4)C(C[SiH]CC2C(c4ccc(C)o4)=Cc4c2cc2c(c4-c4cc(C)cc(C)c4)CCC2)C(c2ccc(C)o2)=C3)c1. The Labute approximate surface area is 329 Å². The summed E-state index contributed by atoms with van der Waals surface area (Å²) in [5, 5.41) is 0. The first-order chi connectivity index (χ1) is 26.7. The van der Waals surface area contributed by atoms with Crippen LogP contribution in [-0.4, -0.2) is 9.52 Å². The molecular weight excluding hydrogens is 685 g/mol. The van der Waals surface area contributed by atoms with Crippen molar-refractivity contribution in [2.75, 3.05) is 0 Å². The first kappa shape index (κ1) is 34.6. The van der Waals surface area contributed by atoms with Crippen LogP contribution in [0.5, 0.6) is 0 Å². The van der Waals surface area contributed by atoms with Gasteiger partial charge in [0, 0.05) is 32.5 Å². The molecule has 55 heavy (non-hydrogen) atoms. The number of fused-ring (bicyclic) bond motifs is 4. The lowest BCUT2D eigenvalue weighted by atomic mass is 9.86. The van der Waals surface area contributed by atoms with E-state index < -0.39 is 0 Å². The summed E-state index contributed by atoms with van der Waals surface area (Å²) in [6.07, 6.45) is 12.2. The van der Waals surface area contributed by atoms with Crippen molar-refractivity contribution in [3.05, 3.63) is 163 Å². The van der Waals surface area contributed by atoms with Gasteiger partial charge in [-0.05, 0) is 183 Å². The van der Waals surface area contributed by atoms with Gasteiger partial charge in [0.25, 0.3) is 0 Å². The third kappa shape index (κ3) is 5.98. The molecule has 2 nitrogen and oxygen atoms in total. The van der Waals surface area contributed by atoms with Gasteiger partial charge in [0.2, 0.25) is 0 Å². The van der Waals surface area contributed by atoms with Gasteiger partial charge in [0.15, 0.2) is 0 Å². The Balaban J connectivity index is 1.06. The molecule has 0 aliphatic heterocycles. The van der Waals surface area contributed by atoms with Gasteiger partial charge in [-0.15, -0.1) is 0 Å². The van der Waals surface area contributed by atoms with E-state index in [9.17, 15) is 0 Å². The minimum atomic E-state index is 0.111. The molecule has 1 radical (unpaired) electrons. The van der Waals surface area contributed by atoms with Crippen molar-refractivity contribution in [2.24, 2.45) is 0 Å². The Morgan fingerprint density at radius 2 is 0.927 bits per heavy atom. The molecular formula is C52H51O2Si. The molecule has 2 heterocycles. The fraction of sp³-hybridized carbons (Fsp3) is 0.308. The third-order valence-electron chi connectivity index (χ3n) is 12.9. The topological polar surface area (TPSA) is 26.3 Å². The molecule has 0 fully saturated rings. The van der Waals surface area contributed by atoms with Gasteiger partial charge in [0.1, 0.15) is 23.0 Å². The number of hydrogen-bond donors (Lipinski definition) is 0. The van der Waals surface area contributed by atoms with Gasteiger partial charge in [-0.3, -0.25) is 0 Å². The Morgan fingerprint density at radius 3 is 1.31 bits per heavy atom. The van der Waals surface area contributed by atoms with E-state index in [1.165, 1.54) is 116 Å². The van der Waals surface area contributed by atoms with E-state index in [0.29, 0.717) is 11.8 Å². The van der Waals surface area contributed by atoms with Crippen molar-refractivity contribution >= 4 is 32.8 Å². The monoisotopic (exact) mass is 735 g/mol. The summed E-state index contributed by atoms with van der Waals surface area (Å²) < 4.78 is 12.9. The lowest BCUT2D eigenvalue weighted by Crippen LogP contribution is -2.09. The third-order valence-corrected chi connectivity index (χ3v) is 14.5. The molecule has 0 saturated carbocycles. The van der Waals surface area contributed by atoms with Gasteiger partial charge in [0.05, 0.1) is 0 Å². The molecule has 10 rings (SSSR count). The highest BCUT2D eigenvalue weighted by molar-refractivity contribution is 6.37. The molecule has 275 valence electrons. The fourth-order valence-corrected chi connectivity index (χ4v) is 12.7. The van der Waals surface area contributed by atoms with E-state index in [0.717, 1.165) is 35.1 Å². The van der Waals surface area contributed by atoms with Gasteiger partial charge >= 0.3 is 0 Å².